The van der Waals surface area contributed by atoms with Gasteiger partial charge in [-0.15, -0.1) is 11.3 Å². The number of hydrogen-bond acceptors (Lipinski definition) is 4. The number of benzene rings is 1. The van der Waals surface area contributed by atoms with Crippen LogP contribution in [0, 0.1) is 6.92 Å². The molecule has 1 unspecified atom stereocenters. The van der Waals surface area contributed by atoms with Crippen LogP contribution in [-0.2, 0) is 17.6 Å². The van der Waals surface area contributed by atoms with Gasteiger partial charge in [0.1, 0.15) is 0 Å². The second-order valence-corrected chi connectivity index (χ2v) is 9.00. The number of amides is 1. The molecule has 2 aromatic heterocycles. The first kappa shape index (κ1) is 20.0. The summed E-state index contributed by atoms with van der Waals surface area (Å²) in [6.45, 7) is 3.51. The zero-order valence-electron chi connectivity index (χ0n) is 16.5. The summed E-state index contributed by atoms with van der Waals surface area (Å²) >= 11 is 7.90. The van der Waals surface area contributed by atoms with Crippen molar-refractivity contribution in [3.05, 3.63) is 80.5 Å². The summed E-state index contributed by atoms with van der Waals surface area (Å²) in [6, 6.07) is 14.1. The second-order valence-electron chi connectivity index (χ2n) is 7.54. The first-order valence-electron chi connectivity index (χ1n) is 9.96. The number of rotatable bonds is 5. The van der Waals surface area contributed by atoms with Crippen molar-refractivity contribution in [1.29, 1.82) is 0 Å². The topological polar surface area (TPSA) is 46.1 Å². The summed E-state index contributed by atoms with van der Waals surface area (Å²) in [6.07, 6.45) is 3.16. The monoisotopic (exact) mass is 425 g/mol. The van der Waals surface area contributed by atoms with Crippen LogP contribution >= 0.6 is 22.9 Å². The largest absolute Gasteiger partial charge is 0.342 e. The van der Waals surface area contributed by atoms with E-state index in [2.05, 4.69) is 17.1 Å². The van der Waals surface area contributed by atoms with Gasteiger partial charge in [0.05, 0.1) is 17.1 Å². The molecule has 1 aliphatic heterocycles. The molecule has 4 nitrogen and oxygen atoms in total. The fourth-order valence-electron chi connectivity index (χ4n) is 3.86. The van der Waals surface area contributed by atoms with Gasteiger partial charge in [-0.2, -0.15) is 0 Å². The first-order chi connectivity index (χ1) is 14.1. The lowest BCUT2D eigenvalue weighted by molar-refractivity contribution is -0.131. The number of thiazole rings is 1. The van der Waals surface area contributed by atoms with E-state index in [1.807, 2.05) is 47.5 Å². The number of carbonyl (C=O) groups excluding carboxylic acids is 1. The van der Waals surface area contributed by atoms with Gasteiger partial charge < -0.3 is 4.90 Å². The van der Waals surface area contributed by atoms with E-state index in [0.29, 0.717) is 12.8 Å². The van der Waals surface area contributed by atoms with Crippen molar-refractivity contribution in [3.8, 4) is 0 Å². The Balaban J connectivity index is 1.44. The highest BCUT2D eigenvalue weighted by molar-refractivity contribution is 7.09. The molecule has 0 saturated carbocycles. The van der Waals surface area contributed by atoms with Crippen LogP contribution in [0.1, 0.15) is 46.4 Å². The Bertz CT molecular complexity index is 1000. The minimum atomic E-state index is 0.159. The van der Waals surface area contributed by atoms with E-state index in [1.165, 1.54) is 0 Å². The maximum absolute atomic E-state index is 12.8. The molecule has 0 aliphatic carbocycles. The molecule has 0 N–H and O–H groups in total. The number of pyridine rings is 1. The first-order valence-corrected chi connectivity index (χ1v) is 11.2. The maximum Gasteiger partial charge on any atom is 0.228 e. The number of aryl methyl sites for hydroxylation is 1. The molecule has 150 valence electrons. The summed E-state index contributed by atoms with van der Waals surface area (Å²) in [5.41, 5.74) is 4.03. The van der Waals surface area contributed by atoms with E-state index >= 15 is 0 Å². The number of halogens is 1. The number of aromatic nitrogens is 2. The molecule has 1 fully saturated rings. The number of hydrogen-bond donors (Lipinski definition) is 0. The lowest BCUT2D eigenvalue weighted by Gasteiger charge is -2.32. The highest BCUT2D eigenvalue weighted by Gasteiger charge is 2.26. The smallest absolute Gasteiger partial charge is 0.228 e. The number of carbonyl (C=O) groups is 1. The summed E-state index contributed by atoms with van der Waals surface area (Å²) in [5.74, 6) is 0.434. The van der Waals surface area contributed by atoms with Gasteiger partial charge in [-0.05, 0) is 43.5 Å². The molecule has 4 rings (SSSR count). The molecule has 6 heteroatoms. The van der Waals surface area contributed by atoms with E-state index in [-0.39, 0.29) is 11.8 Å². The van der Waals surface area contributed by atoms with Crippen molar-refractivity contribution in [2.24, 2.45) is 0 Å². The van der Waals surface area contributed by atoms with Crippen LogP contribution in [0.5, 0.6) is 0 Å². The Hall–Kier alpha value is -2.24. The van der Waals surface area contributed by atoms with Gasteiger partial charge in [-0.1, -0.05) is 35.9 Å². The van der Waals surface area contributed by atoms with Crippen molar-refractivity contribution < 1.29 is 4.79 Å². The van der Waals surface area contributed by atoms with Gasteiger partial charge in [0.25, 0.3) is 0 Å². The summed E-state index contributed by atoms with van der Waals surface area (Å²) in [7, 11) is 0. The average molecular weight is 426 g/mol. The SMILES string of the molecule is Cc1nc(CC(=O)N2CCCC(c3cccc(Cc4ccccc4Cl)n3)C2)cs1. The summed E-state index contributed by atoms with van der Waals surface area (Å²) in [4.78, 5) is 24.1. The van der Waals surface area contributed by atoms with Crippen molar-refractivity contribution in [2.45, 2.75) is 38.5 Å². The van der Waals surface area contributed by atoms with E-state index < -0.39 is 0 Å². The molecule has 1 aromatic carbocycles. The van der Waals surface area contributed by atoms with E-state index in [0.717, 1.165) is 58.6 Å². The average Bonchev–Trinajstić information content (AvgIpc) is 3.14. The van der Waals surface area contributed by atoms with E-state index in [1.54, 1.807) is 11.3 Å². The molecule has 3 aromatic rings. The molecule has 0 spiro atoms. The van der Waals surface area contributed by atoms with Crippen molar-refractivity contribution in [2.75, 3.05) is 13.1 Å². The quantitative estimate of drug-likeness (QED) is 0.575. The van der Waals surface area contributed by atoms with Crippen molar-refractivity contribution in [3.63, 3.8) is 0 Å². The Morgan fingerprint density at radius 2 is 2.03 bits per heavy atom. The molecule has 1 saturated heterocycles. The van der Waals surface area contributed by atoms with Crippen LogP contribution in [-0.4, -0.2) is 33.9 Å². The van der Waals surface area contributed by atoms with Gasteiger partial charge in [0.15, 0.2) is 0 Å². The summed E-state index contributed by atoms with van der Waals surface area (Å²) in [5, 5.41) is 3.75. The highest BCUT2D eigenvalue weighted by Crippen LogP contribution is 2.27. The maximum atomic E-state index is 12.8. The fourth-order valence-corrected chi connectivity index (χ4v) is 4.68. The Morgan fingerprint density at radius 1 is 1.17 bits per heavy atom. The molecule has 3 heterocycles. The van der Waals surface area contributed by atoms with Crippen LogP contribution in [0.4, 0.5) is 0 Å². The third kappa shape index (κ3) is 5.03. The van der Waals surface area contributed by atoms with E-state index in [4.69, 9.17) is 16.6 Å². The Kier molecular flexibility index (Phi) is 6.26. The molecule has 1 aliphatic rings. The zero-order valence-corrected chi connectivity index (χ0v) is 18.0. The summed E-state index contributed by atoms with van der Waals surface area (Å²) < 4.78 is 0. The fraction of sp³-hybridized carbons (Fsp3) is 0.348. The van der Waals surface area contributed by atoms with Gasteiger partial charge in [-0.25, -0.2) is 4.98 Å². The Labute approximate surface area is 180 Å². The zero-order chi connectivity index (χ0) is 20.2. The minimum Gasteiger partial charge on any atom is -0.342 e. The third-order valence-electron chi connectivity index (χ3n) is 5.35. The van der Waals surface area contributed by atoms with Crippen LogP contribution in [0.15, 0.2) is 47.8 Å². The third-order valence-corrected chi connectivity index (χ3v) is 6.54. The van der Waals surface area contributed by atoms with Crippen LogP contribution in [0.25, 0.3) is 0 Å². The number of nitrogens with zero attached hydrogens (tertiary/aromatic N) is 3. The van der Waals surface area contributed by atoms with Crippen LogP contribution in [0.3, 0.4) is 0 Å². The van der Waals surface area contributed by atoms with Gasteiger partial charge >= 0.3 is 0 Å². The normalized spacial score (nSPS) is 16.8. The lowest BCUT2D eigenvalue weighted by Crippen LogP contribution is -2.40. The highest BCUT2D eigenvalue weighted by atomic mass is 35.5. The predicted molar refractivity (Wildman–Crippen MR) is 118 cm³/mol. The number of piperidine rings is 1. The van der Waals surface area contributed by atoms with Crippen LogP contribution < -0.4 is 0 Å². The standard InChI is InChI=1S/C23H24ClN3OS/c1-16-25-20(15-29-16)13-23(28)27-11-5-7-18(14-27)22-10-4-8-19(26-22)12-17-6-2-3-9-21(17)24/h2-4,6,8-10,15,18H,5,7,11-14H2,1H3. The van der Waals surface area contributed by atoms with Gasteiger partial charge in [-0.3, -0.25) is 9.78 Å². The molecule has 29 heavy (non-hydrogen) atoms. The lowest BCUT2D eigenvalue weighted by atomic mass is 9.93. The number of likely N-dealkylation sites (tertiary alicyclic amines) is 1. The molecular formula is C23H24ClN3OS. The molecule has 1 atom stereocenters. The molecule has 1 amide bonds. The van der Waals surface area contributed by atoms with Crippen LogP contribution in [0.2, 0.25) is 5.02 Å². The van der Waals surface area contributed by atoms with Gasteiger partial charge in [0, 0.05) is 47.2 Å². The minimum absolute atomic E-state index is 0.159. The van der Waals surface area contributed by atoms with Crippen molar-refractivity contribution in [1.82, 2.24) is 14.9 Å². The van der Waals surface area contributed by atoms with E-state index in [9.17, 15) is 4.79 Å². The molecular weight excluding hydrogens is 402 g/mol. The van der Waals surface area contributed by atoms with Crippen molar-refractivity contribution >= 4 is 28.8 Å². The Morgan fingerprint density at radius 3 is 2.83 bits per heavy atom. The van der Waals surface area contributed by atoms with Gasteiger partial charge in [0.2, 0.25) is 5.91 Å². The molecule has 0 bridgehead atoms. The predicted octanol–water partition coefficient (Wildman–Crippen LogP) is 5.04. The molecule has 0 radical (unpaired) electrons. The second kappa shape index (κ2) is 9.06.